The van der Waals surface area contributed by atoms with E-state index in [0.29, 0.717) is 17.1 Å². The van der Waals surface area contributed by atoms with Crippen LogP contribution in [0.25, 0.3) is 0 Å². The molecule has 4 rings (SSSR count). The van der Waals surface area contributed by atoms with E-state index < -0.39 is 16.6 Å². The SMILES string of the molecule is CCC(C(=O)Nc1cccc(C(=O)NC2=NN(c3c(Cl)cc(Cl)cc3Cl)C(=O)C2Br)c1)c1ccc(C)cc1C. The molecule has 7 nitrogen and oxygen atoms in total. The lowest BCUT2D eigenvalue weighted by atomic mass is 9.91. The summed E-state index contributed by atoms with van der Waals surface area (Å²) in [4.78, 5) is 38.2. The maximum Gasteiger partial charge on any atom is 0.269 e. The van der Waals surface area contributed by atoms with Gasteiger partial charge in [0, 0.05) is 16.3 Å². The molecule has 0 spiro atoms. The van der Waals surface area contributed by atoms with Crippen LogP contribution in [0, 0.1) is 13.8 Å². The molecule has 2 N–H and O–H groups in total. The fourth-order valence-electron chi connectivity index (χ4n) is 4.34. The number of carbonyl (C=O) groups is 3. The van der Waals surface area contributed by atoms with Gasteiger partial charge in [-0.1, -0.05) is 87.5 Å². The average Bonchev–Trinajstić information content (AvgIpc) is 3.13. The zero-order valence-corrected chi connectivity index (χ0v) is 25.0. The average molecular weight is 651 g/mol. The molecular weight excluding hydrogens is 627 g/mol. The van der Waals surface area contributed by atoms with Crippen molar-refractivity contribution in [2.75, 3.05) is 10.3 Å². The Balaban J connectivity index is 1.51. The quantitative estimate of drug-likeness (QED) is 0.276. The summed E-state index contributed by atoms with van der Waals surface area (Å²) in [6, 6.07) is 15.4. The molecule has 0 fully saturated rings. The molecule has 3 amide bonds. The van der Waals surface area contributed by atoms with E-state index in [1.165, 1.54) is 12.1 Å². The van der Waals surface area contributed by atoms with E-state index >= 15 is 0 Å². The molecule has 0 bridgehead atoms. The van der Waals surface area contributed by atoms with Gasteiger partial charge in [-0.05, 0) is 61.7 Å². The number of nitrogens with one attached hydrogen (secondary N) is 2. The van der Waals surface area contributed by atoms with Gasteiger partial charge in [-0.3, -0.25) is 14.4 Å². The molecule has 3 aromatic rings. The molecule has 39 heavy (non-hydrogen) atoms. The second-order valence-electron chi connectivity index (χ2n) is 9.06. The van der Waals surface area contributed by atoms with Crippen molar-refractivity contribution >= 4 is 85.7 Å². The van der Waals surface area contributed by atoms with E-state index in [-0.39, 0.29) is 39.0 Å². The van der Waals surface area contributed by atoms with Gasteiger partial charge < -0.3 is 10.6 Å². The van der Waals surface area contributed by atoms with E-state index in [1.54, 1.807) is 24.3 Å². The predicted octanol–water partition coefficient (Wildman–Crippen LogP) is 7.25. The summed E-state index contributed by atoms with van der Waals surface area (Å²) in [5.74, 6) is -1.45. The number of amidine groups is 1. The van der Waals surface area contributed by atoms with Crippen LogP contribution in [0.4, 0.5) is 11.4 Å². The standard InChI is InChI=1S/C28H24BrCl3N4O3/c1-4-19(20-9-8-14(2)10-15(20)3)27(38)33-18-7-5-6-16(11-18)26(37)34-25-23(29)28(39)36(35-25)24-21(31)12-17(30)13-22(24)32/h5-13,19,23H,4H2,1-3H3,(H,33,38)(H,34,35,37). The van der Waals surface area contributed by atoms with E-state index in [2.05, 4.69) is 37.7 Å². The fourth-order valence-corrected chi connectivity index (χ4v) is 5.71. The number of halogens is 4. The summed E-state index contributed by atoms with van der Waals surface area (Å²) in [6.07, 6.45) is 0.620. The molecule has 202 valence electrons. The lowest BCUT2D eigenvalue weighted by molar-refractivity contribution is -0.118. The van der Waals surface area contributed by atoms with Crippen molar-refractivity contribution < 1.29 is 14.4 Å². The number of anilines is 2. The van der Waals surface area contributed by atoms with Gasteiger partial charge in [0.25, 0.3) is 11.8 Å². The van der Waals surface area contributed by atoms with Crippen LogP contribution >= 0.6 is 50.7 Å². The largest absolute Gasteiger partial charge is 0.326 e. The molecule has 0 aromatic heterocycles. The third-order valence-electron chi connectivity index (χ3n) is 6.23. The van der Waals surface area contributed by atoms with Crippen molar-refractivity contribution in [1.82, 2.24) is 5.32 Å². The first-order valence-electron chi connectivity index (χ1n) is 12.0. The number of amides is 3. The highest BCUT2D eigenvalue weighted by Gasteiger charge is 2.38. The minimum atomic E-state index is -0.935. The smallest absolute Gasteiger partial charge is 0.269 e. The van der Waals surface area contributed by atoms with Crippen LogP contribution in [-0.2, 0) is 9.59 Å². The molecule has 2 atom stereocenters. The summed E-state index contributed by atoms with van der Waals surface area (Å²) in [5, 5.41) is 11.4. The number of nitrogens with zero attached hydrogens (tertiary/aromatic N) is 2. The Morgan fingerprint density at radius 3 is 2.36 bits per heavy atom. The number of hydrazone groups is 1. The topological polar surface area (TPSA) is 90.9 Å². The van der Waals surface area contributed by atoms with E-state index in [1.807, 2.05) is 32.9 Å². The van der Waals surface area contributed by atoms with Crippen molar-refractivity contribution in [3.8, 4) is 0 Å². The fraction of sp³-hybridized carbons (Fsp3) is 0.214. The van der Waals surface area contributed by atoms with Crippen molar-refractivity contribution in [2.24, 2.45) is 5.10 Å². The third kappa shape index (κ3) is 6.30. The van der Waals surface area contributed by atoms with Crippen molar-refractivity contribution in [3.05, 3.63) is 91.9 Å². The monoisotopic (exact) mass is 648 g/mol. The molecule has 0 saturated carbocycles. The Kier molecular flexibility index (Phi) is 9.01. The van der Waals surface area contributed by atoms with Crippen LogP contribution < -0.4 is 15.6 Å². The van der Waals surface area contributed by atoms with Crippen LogP contribution in [-0.4, -0.2) is 28.4 Å². The molecule has 1 aliphatic rings. The second-order valence-corrected chi connectivity index (χ2v) is 11.2. The van der Waals surface area contributed by atoms with Crippen LogP contribution in [0.1, 0.15) is 46.3 Å². The minimum Gasteiger partial charge on any atom is -0.326 e. The predicted molar refractivity (Wildman–Crippen MR) is 161 cm³/mol. The Hall–Kier alpha value is -2.91. The molecular formula is C28H24BrCl3N4O3. The summed E-state index contributed by atoms with van der Waals surface area (Å²) < 4.78 is 0. The Morgan fingerprint density at radius 1 is 1.03 bits per heavy atom. The van der Waals surface area contributed by atoms with Crippen molar-refractivity contribution in [1.29, 1.82) is 0 Å². The van der Waals surface area contributed by atoms with Gasteiger partial charge in [0.1, 0.15) is 5.69 Å². The molecule has 0 aliphatic carbocycles. The summed E-state index contributed by atoms with van der Waals surface area (Å²) in [5.41, 5.74) is 4.04. The number of benzene rings is 3. The van der Waals surface area contributed by atoms with Crippen molar-refractivity contribution in [2.45, 2.75) is 37.9 Å². The van der Waals surface area contributed by atoms with Gasteiger partial charge in [0.15, 0.2) is 10.7 Å². The maximum atomic E-state index is 13.2. The van der Waals surface area contributed by atoms with Crippen molar-refractivity contribution in [3.63, 3.8) is 0 Å². The van der Waals surface area contributed by atoms with Gasteiger partial charge in [0.05, 0.1) is 16.0 Å². The molecule has 0 radical (unpaired) electrons. The number of hydrogen-bond donors (Lipinski definition) is 2. The molecule has 3 aromatic carbocycles. The highest BCUT2D eigenvalue weighted by molar-refractivity contribution is 9.10. The minimum absolute atomic E-state index is 0.0578. The van der Waals surface area contributed by atoms with Crippen LogP contribution in [0.3, 0.4) is 0 Å². The first kappa shape index (κ1) is 29.1. The molecule has 0 saturated heterocycles. The maximum absolute atomic E-state index is 13.2. The third-order valence-corrected chi connectivity index (χ3v) is 7.85. The molecule has 1 aliphatic heterocycles. The van der Waals surface area contributed by atoms with Gasteiger partial charge in [-0.25, -0.2) is 0 Å². The number of carbonyl (C=O) groups excluding carboxylic acids is 3. The van der Waals surface area contributed by atoms with Gasteiger partial charge >= 0.3 is 0 Å². The number of aryl methyl sites for hydroxylation is 2. The normalized spacial score (nSPS) is 15.7. The zero-order chi connectivity index (χ0) is 28.4. The summed E-state index contributed by atoms with van der Waals surface area (Å²) >= 11 is 21.8. The van der Waals surface area contributed by atoms with Crippen LogP contribution in [0.2, 0.25) is 15.1 Å². The summed E-state index contributed by atoms with van der Waals surface area (Å²) in [6.45, 7) is 5.97. The molecule has 11 heteroatoms. The molecule has 2 unspecified atom stereocenters. The number of rotatable bonds is 6. The van der Waals surface area contributed by atoms with Crippen LogP contribution in [0.5, 0.6) is 0 Å². The molecule has 1 heterocycles. The Labute approximate surface area is 249 Å². The van der Waals surface area contributed by atoms with Gasteiger partial charge in [0.2, 0.25) is 5.91 Å². The highest BCUT2D eigenvalue weighted by Crippen LogP contribution is 2.39. The summed E-state index contributed by atoms with van der Waals surface area (Å²) in [7, 11) is 0. The highest BCUT2D eigenvalue weighted by atomic mass is 79.9. The van der Waals surface area contributed by atoms with E-state index in [4.69, 9.17) is 34.8 Å². The first-order valence-corrected chi connectivity index (χ1v) is 14.1. The lowest BCUT2D eigenvalue weighted by Crippen LogP contribution is -2.37. The second kappa shape index (κ2) is 12.1. The van der Waals surface area contributed by atoms with Gasteiger partial charge in [-0.15, -0.1) is 5.10 Å². The first-order chi connectivity index (χ1) is 18.5. The lowest BCUT2D eigenvalue weighted by Gasteiger charge is -2.18. The number of alkyl halides is 1. The van der Waals surface area contributed by atoms with Gasteiger partial charge in [-0.2, -0.15) is 5.01 Å². The Bertz CT molecular complexity index is 1490. The Morgan fingerprint density at radius 2 is 1.72 bits per heavy atom. The van der Waals surface area contributed by atoms with E-state index in [0.717, 1.165) is 21.7 Å². The number of hydrogen-bond acceptors (Lipinski definition) is 4. The zero-order valence-electron chi connectivity index (χ0n) is 21.2. The van der Waals surface area contributed by atoms with Crippen LogP contribution in [0.15, 0.2) is 59.7 Å². The van der Waals surface area contributed by atoms with E-state index in [9.17, 15) is 14.4 Å².